The third-order valence-corrected chi connectivity index (χ3v) is 5.08. The van der Waals surface area contributed by atoms with E-state index < -0.39 is 6.04 Å². The summed E-state index contributed by atoms with van der Waals surface area (Å²) in [5.74, 6) is 0.681. The fourth-order valence-electron chi connectivity index (χ4n) is 3.48. The smallest absolute Gasteiger partial charge is 0.246 e. The van der Waals surface area contributed by atoms with Crippen molar-refractivity contribution < 1.29 is 14.3 Å². The molecule has 1 fully saturated rings. The molecule has 0 aromatic heterocycles. The second kappa shape index (κ2) is 9.37. The molecule has 6 heteroatoms. The number of ether oxygens (including phenoxy) is 1. The standard InChI is InChI=1S/C22H27N3O3/c1-16(26)25-13-11-18(12-14-25)23-21(17-7-4-3-5-8-17)22(27)24-19-9-6-10-20(15-19)28-2/h3-10,15,18,21,23H,11-14H2,1-2H3,(H,24,27)/t21-/m0/s1. The Morgan fingerprint density at radius 2 is 1.79 bits per heavy atom. The topological polar surface area (TPSA) is 70.7 Å². The molecule has 2 aromatic carbocycles. The molecule has 0 aliphatic carbocycles. The average molecular weight is 381 g/mol. The summed E-state index contributed by atoms with van der Waals surface area (Å²) >= 11 is 0. The molecule has 3 rings (SSSR count). The Hall–Kier alpha value is -2.86. The number of likely N-dealkylation sites (tertiary alicyclic amines) is 1. The van der Waals surface area contributed by atoms with Gasteiger partial charge in [0.2, 0.25) is 11.8 Å². The van der Waals surface area contributed by atoms with Gasteiger partial charge in [-0.05, 0) is 30.5 Å². The number of rotatable bonds is 6. The molecule has 1 aliphatic rings. The van der Waals surface area contributed by atoms with Gasteiger partial charge in [-0.15, -0.1) is 0 Å². The third-order valence-electron chi connectivity index (χ3n) is 5.08. The van der Waals surface area contributed by atoms with E-state index in [0.717, 1.165) is 18.4 Å². The lowest BCUT2D eigenvalue weighted by Crippen LogP contribution is -2.47. The van der Waals surface area contributed by atoms with Crippen molar-refractivity contribution in [3.05, 3.63) is 60.2 Å². The van der Waals surface area contributed by atoms with Crippen LogP contribution in [0, 0.1) is 0 Å². The predicted molar refractivity (Wildman–Crippen MR) is 109 cm³/mol. The van der Waals surface area contributed by atoms with Gasteiger partial charge in [-0.25, -0.2) is 0 Å². The lowest BCUT2D eigenvalue weighted by atomic mass is 10.00. The van der Waals surface area contributed by atoms with E-state index in [4.69, 9.17) is 4.74 Å². The molecule has 0 radical (unpaired) electrons. The maximum atomic E-state index is 13.1. The van der Waals surface area contributed by atoms with Crippen LogP contribution in [-0.4, -0.2) is 43.0 Å². The van der Waals surface area contributed by atoms with Crippen LogP contribution >= 0.6 is 0 Å². The Bertz CT molecular complexity index is 802. The fraction of sp³-hybridized carbons (Fsp3) is 0.364. The minimum absolute atomic E-state index is 0.105. The molecular weight excluding hydrogens is 354 g/mol. The minimum Gasteiger partial charge on any atom is -0.497 e. The van der Waals surface area contributed by atoms with E-state index in [1.807, 2.05) is 53.4 Å². The molecule has 0 spiro atoms. The summed E-state index contributed by atoms with van der Waals surface area (Å²) in [5, 5.41) is 6.48. The first-order chi connectivity index (χ1) is 13.6. The van der Waals surface area contributed by atoms with Crippen LogP contribution in [0.4, 0.5) is 5.69 Å². The van der Waals surface area contributed by atoms with Gasteiger partial charge in [-0.3, -0.25) is 14.9 Å². The van der Waals surface area contributed by atoms with Gasteiger partial charge in [0, 0.05) is 37.8 Å². The number of methoxy groups -OCH3 is 1. The normalized spacial score (nSPS) is 15.7. The van der Waals surface area contributed by atoms with Gasteiger partial charge in [-0.2, -0.15) is 0 Å². The first kappa shape index (κ1) is 19.9. The summed E-state index contributed by atoms with van der Waals surface area (Å²) in [6.07, 6.45) is 1.66. The number of amides is 2. The van der Waals surface area contributed by atoms with E-state index in [9.17, 15) is 9.59 Å². The first-order valence-corrected chi connectivity index (χ1v) is 9.58. The van der Waals surface area contributed by atoms with Gasteiger partial charge >= 0.3 is 0 Å². The van der Waals surface area contributed by atoms with Crippen LogP contribution in [0.25, 0.3) is 0 Å². The zero-order valence-corrected chi connectivity index (χ0v) is 16.4. The van der Waals surface area contributed by atoms with Crippen molar-refractivity contribution in [2.45, 2.75) is 31.8 Å². The van der Waals surface area contributed by atoms with Crippen LogP contribution < -0.4 is 15.4 Å². The van der Waals surface area contributed by atoms with Crippen molar-refractivity contribution in [3.63, 3.8) is 0 Å². The summed E-state index contributed by atoms with van der Waals surface area (Å²) < 4.78 is 5.23. The van der Waals surface area contributed by atoms with Gasteiger partial charge in [0.25, 0.3) is 0 Å². The van der Waals surface area contributed by atoms with Gasteiger partial charge in [0.1, 0.15) is 11.8 Å². The fourth-order valence-corrected chi connectivity index (χ4v) is 3.48. The summed E-state index contributed by atoms with van der Waals surface area (Å²) in [6.45, 7) is 3.03. The monoisotopic (exact) mass is 381 g/mol. The molecule has 0 saturated carbocycles. The van der Waals surface area contributed by atoms with Gasteiger partial charge < -0.3 is 15.0 Å². The van der Waals surface area contributed by atoms with E-state index in [1.165, 1.54) is 0 Å². The molecule has 148 valence electrons. The van der Waals surface area contributed by atoms with Crippen LogP contribution in [0.1, 0.15) is 31.4 Å². The average Bonchev–Trinajstić information content (AvgIpc) is 2.73. The summed E-state index contributed by atoms with van der Waals surface area (Å²) in [5.41, 5.74) is 1.61. The number of carbonyl (C=O) groups excluding carboxylic acids is 2. The Kier molecular flexibility index (Phi) is 6.66. The number of nitrogens with one attached hydrogen (secondary N) is 2. The first-order valence-electron chi connectivity index (χ1n) is 9.58. The van der Waals surface area contributed by atoms with Crippen molar-refractivity contribution in [1.82, 2.24) is 10.2 Å². The van der Waals surface area contributed by atoms with Crippen LogP contribution in [-0.2, 0) is 9.59 Å². The van der Waals surface area contributed by atoms with E-state index in [-0.39, 0.29) is 17.9 Å². The highest BCUT2D eigenvalue weighted by Crippen LogP contribution is 2.22. The highest BCUT2D eigenvalue weighted by Gasteiger charge is 2.27. The summed E-state index contributed by atoms with van der Waals surface area (Å²) in [6, 6.07) is 16.7. The third kappa shape index (κ3) is 5.10. The number of anilines is 1. The van der Waals surface area contributed by atoms with Crippen molar-refractivity contribution in [3.8, 4) is 5.75 Å². The second-order valence-electron chi connectivity index (χ2n) is 7.01. The van der Waals surface area contributed by atoms with E-state index in [0.29, 0.717) is 24.5 Å². The molecule has 1 heterocycles. The minimum atomic E-state index is -0.471. The van der Waals surface area contributed by atoms with E-state index in [1.54, 1.807) is 20.1 Å². The van der Waals surface area contributed by atoms with Crippen molar-refractivity contribution >= 4 is 17.5 Å². The number of nitrogens with zero attached hydrogens (tertiary/aromatic N) is 1. The quantitative estimate of drug-likeness (QED) is 0.807. The predicted octanol–water partition coefficient (Wildman–Crippen LogP) is 2.98. The largest absolute Gasteiger partial charge is 0.497 e. The van der Waals surface area contributed by atoms with Gasteiger partial charge in [0.15, 0.2) is 0 Å². The Balaban J connectivity index is 1.72. The maximum absolute atomic E-state index is 13.1. The lowest BCUT2D eigenvalue weighted by Gasteiger charge is -2.34. The van der Waals surface area contributed by atoms with Crippen LogP contribution in [0.15, 0.2) is 54.6 Å². The van der Waals surface area contributed by atoms with Crippen LogP contribution in [0.3, 0.4) is 0 Å². The molecule has 0 unspecified atom stereocenters. The van der Waals surface area contributed by atoms with Crippen molar-refractivity contribution in [2.75, 3.05) is 25.5 Å². The van der Waals surface area contributed by atoms with Gasteiger partial charge in [-0.1, -0.05) is 36.4 Å². The molecular formula is C22H27N3O3. The summed E-state index contributed by atoms with van der Waals surface area (Å²) in [7, 11) is 1.60. The molecule has 1 aliphatic heterocycles. The number of hydrogen-bond donors (Lipinski definition) is 2. The number of piperidine rings is 1. The molecule has 2 N–H and O–H groups in total. The lowest BCUT2D eigenvalue weighted by molar-refractivity contribution is -0.130. The zero-order valence-electron chi connectivity index (χ0n) is 16.4. The molecule has 28 heavy (non-hydrogen) atoms. The van der Waals surface area contributed by atoms with E-state index >= 15 is 0 Å². The highest BCUT2D eigenvalue weighted by atomic mass is 16.5. The Labute approximate surface area is 165 Å². The number of carbonyl (C=O) groups is 2. The summed E-state index contributed by atoms with van der Waals surface area (Å²) in [4.78, 5) is 26.5. The second-order valence-corrected chi connectivity index (χ2v) is 7.01. The van der Waals surface area contributed by atoms with Crippen LogP contribution in [0.5, 0.6) is 5.75 Å². The molecule has 1 atom stereocenters. The maximum Gasteiger partial charge on any atom is 0.246 e. The molecule has 6 nitrogen and oxygen atoms in total. The van der Waals surface area contributed by atoms with Gasteiger partial charge in [0.05, 0.1) is 7.11 Å². The van der Waals surface area contributed by atoms with Crippen molar-refractivity contribution in [2.24, 2.45) is 0 Å². The number of benzene rings is 2. The molecule has 1 saturated heterocycles. The highest BCUT2D eigenvalue weighted by molar-refractivity contribution is 5.95. The molecule has 2 aromatic rings. The SMILES string of the molecule is COc1cccc(NC(=O)[C@@H](NC2CCN(C(C)=O)CC2)c2ccccc2)c1. The molecule has 2 amide bonds. The zero-order chi connectivity index (χ0) is 19.9. The van der Waals surface area contributed by atoms with Crippen molar-refractivity contribution in [1.29, 1.82) is 0 Å². The Morgan fingerprint density at radius 1 is 1.07 bits per heavy atom. The Morgan fingerprint density at radius 3 is 2.43 bits per heavy atom. The van der Waals surface area contributed by atoms with Crippen LogP contribution in [0.2, 0.25) is 0 Å². The number of hydrogen-bond acceptors (Lipinski definition) is 4. The molecule has 0 bridgehead atoms. The van der Waals surface area contributed by atoms with E-state index in [2.05, 4.69) is 10.6 Å².